The number of benzene rings is 1. The fourth-order valence-electron chi connectivity index (χ4n) is 0.869. The van der Waals surface area contributed by atoms with E-state index in [0.717, 1.165) is 17.3 Å². The highest BCUT2D eigenvalue weighted by Gasteiger charge is 2.00. The quantitative estimate of drug-likeness (QED) is 0.479. The Hall–Kier alpha value is -0.380. The van der Waals surface area contributed by atoms with Crippen LogP contribution in [0.25, 0.3) is 0 Å². The van der Waals surface area contributed by atoms with Gasteiger partial charge in [-0.2, -0.15) is 0 Å². The molecule has 1 rings (SSSR count). The first-order valence-corrected chi connectivity index (χ1v) is 5.27. The molecular formula is C9H12ClNOS. The van der Waals surface area contributed by atoms with Crippen molar-refractivity contribution >= 4 is 29.1 Å². The molecule has 0 amide bonds. The van der Waals surface area contributed by atoms with E-state index in [1.54, 1.807) is 24.9 Å². The zero-order valence-electron chi connectivity index (χ0n) is 7.42. The molecule has 0 atom stereocenters. The Morgan fingerprint density at radius 1 is 1.54 bits per heavy atom. The van der Waals surface area contributed by atoms with Crippen LogP contribution in [0.4, 0.5) is 5.69 Å². The molecule has 0 aromatic heterocycles. The SMILES string of the molecule is COCCSc1ccc(N)cc1Cl. The first-order chi connectivity index (χ1) is 6.24. The van der Waals surface area contributed by atoms with E-state index in [1.807, 2.05) is 12.1 Å². The standard InChI is InChI=1S/C9H12ClNOS/c1-12-4-5-13-9-3-2-7(11)6-8(9)10/h2-3,6H,4-5,11H2,1H3. The minimum Gasteiger partial charge on any atom is -0.399 e. The number of nitrogen functional groups attached to an aromatic ring is 1. The lowest BCUT2D eigenvalue weighted by Gasteiger charge is -2.03. The molecule has 1 aromatic carbocycles. The molecule has 0 bridgehead atoms. The lowest BCUT2D eigenvalue weighted by molar-refractivity contribution is 0.218. The van der Waals surface area contributed by atoms with Crippen LogP contribution in [0.5, 0.6) is 0 Å². The van der Waals surface area contributed by atoms with Gasteiger partial charge in [0.2, 0.25) is 0 Å². The van der Waals surface area contributed by atoms with Crippen LogP contribution >= 0.6 is 23.4 Å². The molecular weight excluding hydrogens is 206 g/mol. The van der Waals surface area contributed by atoms with E-state index >= 15 is 0 Å². The normalized spacial score (nSPS) is 10.3. The van der Waals surface area contributed by atoms with Crippen molar-refractivity contribution in [1.82, 2.24) is 0 Å². The number of anilines is 1. The maximum Gasteiger partial charge on any atom is 0.0562 e. The summed E-state index contributed by atoms with van der Waals surface area (Å²) in [6.07, 6.45) is 0. The third-order valence-corrected chi connectivity index (χ3v) is 2.96. The third kappa shape index (κ3) is 3.46. The summed E-state index contributed by atoms with van der Waals surface area (Å²) in [5.74, 6) is 0.903. The summed E-state index contributed by atoms with van der Waals surface area (Å²) in [5, 5.41) is 0.709. The highest BCUT2D eigenvalue weighted by molar-refractivity contribution is 7.99. The van der Waals surface area contributed by atoms with Gasteiger partial charge >= 0.3 is 0 Å². The van der Waals surface area contributed by atoms with Crippen molar-refractivity contribution in [2.45, 2.75) is 4.90 Å². The summed E-state index contributed by atoms with van der Waals surface area (Å²) in [5.41, 5.74) is 6.26. The van der Waals surface area contributed by atoms with Gasteiger partial charge in [-0.25, -0.2) is 0 Å². The van der Waals surface area contributed by atoms with Gasteiger partial charge in [-0.3, -0.25) is 0 Å². The number of rotatable bonds is 4. The Morgan fingerprint density at radius 2 is 2.31 bits per heavy atom. The zero-order chi connectivity index (χ0) is 9.68. The van der Waals surface area contributed by atoms with E-state index < -0.39 is 0 Å². The van der Waals surface area contributed by atoms with Crippen LogP contribution in [-0.4, -0.2) is 19.5 Å². The van der Waals surface area contributed by atoms with Gasteiger partial charge in [0.25, 0.3) is 0 Å². The van der Waals surface area contributed by atoms with E-state index in [1.165, 1.54) is 0 Å². The number of hydrogen-bond donors (Lipinski definition) is 1. The first-order valence-electron chi connectivity index (χ1n) is 3.91. The van der Waals surface area contributed by atoms with Gasteiger partial charge in [0, 0.05) is 23.4 Å². The van der Waals surface area contributed by atoms with Crippen LogP contribution in [0.3, 0.4) is 0 Å². The Labute approximate surface area is 87.4 Å². The summed E-state index contributed by atoms with van der Waals surface area (Å²) < 4.78 is 4.94. The minimum absolute atomic E-state index is 0.695. The minimum atomic E-state index is 0.695. The molecule has 2 nitrogen and oxygen atoms in total. The number of halogens is 1. The predicted octanol–water partition coefficient (Wildman–Crippen LogP) is 2.66. The van der Waals surface area contributed by atoms with Crippen molar-refractivity contribution in [3.63, 3.8) is 0 Å². The maximum absolute atomic E-state index is 5.97. The van der Waals surface area contributed by atoms with E-state index in [0.29, 0.717) is 10.7 Å². The van der Waals surface area contributed by atoms with Crippen LogP contribution in [0.1, 0.15) is 0 Å². The van der Waals surface area contributed by atoms with E-state index in [4.69, 9.17) is 22.1 Å². The average molecular weight is 218 g/mol. The van der Waals surface area contributed by atoms with Crippen LogP contribution < -0.4 is 5.73 Å². The Balaban J connectivity index is 2.56. The second-order valence-electron chi connectivity index (χ2n) is 2.53. The average Bonchev–Trinajstić information content (AvgIpc) is 2.09. The zero-order valence-corrected chi connectivity index (χ0v) is 8.99. The molecule has 2 N–H and O–H groups in total. The Bertz CT molecular complexity index is 280. The molecule has 0 aliphatic carbocycles. The molecule has 13 heavy (non-hydrogen) atoms. The number of thioether (sulfide) groups is 1. The smallest absolute Gasteiger partial charge is 0.0562 e. The Morgan fingerprint density at radius 3 is 2.92 bits per heavy atom. The molecule has 0 heterocycles. The molecule has 0 saturated carbocycles. The van der Waals surface area contributed by atoms with Gasteiger partial charge in [0.15, 0.2) is 0 Å². The van der Waals surface area contributed by atoms with Gasteiger partial charge in [0.1, 0.15) is 0 Å². The van der Waals surface area contributed by atoms with E-state index in [9.17, 15) is 0 Å². The van der Waals surface area contributed by atoms with Crippen LogP contribution in [0.2, 0.25) is 5.02 Å². The molecule has 0 saturated heterocycles. The highest BCUT2D eigenvalue weighted by atomic mass is 35.5. The molecule has 0 fully saturated rings. The van der Waals surface area contributed by atoms with Gasteiger partial charge in [-0.1, -0.05) is 11.6 Å². The summed E-state index contributed by atoms with van der Waals surface area (Å²) in [4.78, 5) is 1.05. The fourth-order valence-corrected chi connectivity index (χ4v) is 2.05. The fraction of sp³-hybridized carbons (Fsp3) is 0.333. The van der Waals surface area contributed by atoms with Crippen molar-refractivity contribution in [3.8, 4) is 0 Å². The molecule has 0 aliphatic heterocycles. The summed E-state index contributed by atoms with van der Waals surface area (Å²) in [7, 11) is 1.69. The molecule has 0 aliphatic rings. The van der Waals surface area contributed by atoms with Crippen molar-refractivity contribution in [3.05, 3.63) is 23.2 Å². The lowest BCUT2D eigenvalue weighted by atomic mass is 10.3. The third-order valence-electron chi connectivity index (χ3n) is 1.50. The molecule has 1 aromatic rings. The largest absolute Gasteiger partial charge is 0.399 e. The number of hydrogen-bond acceptors (Lipinski definition) is 3. The molecule has 0 unspecified atom stereocenters. The van der Waals surface area contributed by atoms with Crippen molar-refractivity contribution in [1.29, 1.82) is 0 Å². The summed E-state index contributed by atoms with van der Waals surface area (Å²) >= 11 is 7.63. The lowest BCUT2D eigenvalue weighted by Crippen LogP contribution is -1.91. The van der Waals surface area contributed by atoms with Crippen molar-refractivity contribution in [2.24, 2.45) is 0 Å². The van der Waals surface area contributed by atoms with Crippen molar-refractivity contribution < 1.29 is 4.74 Å². The second-order valence-corrected chi connectivity index (χ2v) is 4.08. The predicted molar refractivity (Wildman–Crippen MR) is 58.5 cm³/mol. The summed E-state index contributed by atoms with van der Waals surface area (Å²) in [6.45, 7) is 0.728. The van der Waals surface area contributed by atoms with E-state index in [2.05, 4.69) is 0 Å². The second kappa shape index (κ2) is 5.37. The van der Waals surface area contributed by atoms with Gasteiger partial charge in [-0.05, 0) is 18.2 Å². The number of methoxy groups -OCH3 is 1. The topological polar surface area (TPSA) is 35.2 Å². The summed E-state index contributed by atoms with van der Waals surface area (Å²) in [6, 6.07) is 5.54. The maximum atomic E-state index is 5.97. The highest BCUT2D eigenvalue weighted by Crippen LogP contribution is 2.28. The molecule has 4 heteroatoms. The van der Waals surface area contributed by atoms with Gasteiger partial charge < -0.3 is 10.5 Å². The van der Waals surface area contributed by atoms with Gasteiger partial charge in [0.05, 0.1) is 11.6 Å². The molecule has 72 valence electrons. The first kappa shape index (κ1) is 10.7. The van der Waals surface area contributed by atoms with Crippen LogP contribution in [0, 0.1) is 0 Å². The van der Waals surface area contributed by atoms with Gasteiger partial charge in [-0.15, -0.1) is 11.8 Å². The van der Waals surface area contributed by atoms with Crippen LogP contribution in [0.15, 0.2) is 23.1 Å². The Kier molecular flexibility index (Phi) is 4.42. The van der Waals surface area contributed by atoms with Crippen molar-refractivity contribution in [2.75, 3.05) is 25.2 Å². The molecule has 0 radical (unpaired) electrons. The monoisotopic (exact) mass is 217 g/mol. The molecule has 0 spiro atoms. The van der Waals surface area contributed by atoms with E-state index in [-0.39, 0.29) is 0 Å². The number of ether oxygens (including phenoxy) is 1. The van der Waals surface area contributed by atoms with Crippen LogP contribution in [-0.2, 0) is 4.74 Å². The number of nitrogens with two attached hydrogens (primary N) is 1.